The van der Waals surface area contributed by atoms with E-state index >= 15 is 0 Å². The van der Waals surface area contributed by atoms with Crippen molar-refractivity contribution < 1.29 is 10.3 Å². The van der Waals surface area contributed by atoms with Crippen LogP contribution in [-0.2, 0) is 0 Å². The van der Waals surface area contributed by atoms with Gasteiger partial charge in [-0.15, -0.1) is 0 Å². The third kappa shape index (κ3) is 2.37. The van der Waals surface area contributed by atoms with Gasteiger partial charge in [-0.05, 0) is 25.5 Å². The first kappa shape index (κ1) is 13.0. The van der Waals surface area contributed by atoms with Gasteiger partial charge < -0.3 is 20.9 Å². The summed E-state index contributed by atoms with van der Waals surface area (Å²) in [6.07, 6.45) is 0.676. The molecule has 0 aliphatic carbocycles. The standard InChI is InChI=1S/C12H16ClN3O2/c1-12(17)5-6-16(7-12)9-4-2-3-8(13)10(9)11(14)15-18/h2-4,17-18H,5-7H2,1H3,(H2,14,15). The van der Waals surface area contributed by atoms with E-state index in [4.69, 9.17) is 22.5 Å². The number of nitrogens with two attached hydrogens (primary N) is 1. The Kier molecular flexibility index (Phi) is 3.36. The maximum Gasteiger partial charge on any atom is 0.173 e. The molecule has 1 aliphatic rings. The Morgan fingerprint density at radius 2 is 2.28 bits per heavy atom. The summed E-state index contributed by atoms with van der Waals surface area (Å²) in [5.74, 6) is -0.0258. The van der Waals surface area contributed by atoms with Crippen LogP contribution in [0, 0.1) is 0 Å². The van der Waals surface area contributed by atoms with Gasteiger partial charge in [-0.3, -0.25) is 0 Å². The number of hydrogen-bond acceptors (Lipinski definition) is 4. The molecule has 0 saturated carbocycles. The van der Waals surface area contributed by atoms with Crippen LogP contribution in [0.1, 0.15) is 18.9 Å². The highest BCUT2D eigenvalue weighted by atomic mass is 35.5. The molecule has 18 heavy (non-hydrogen) atoms. The van der Waals surface area contributed by atoms with Gasteiger partial charge in [0, 0.05) is 18.8 Å². The molecule has 1 aromatic rings. The molecule has 1 aliphatic heterocycles. The Bertz CT molecular complexity index is 488. The van der Waals surface area contributed by atoms with E-state index in [2.05, 4.69) is 5.16 Å². The van der Waals surface area contributed by atoms with Crippen LogP contribution in [0.15, 0.2) is 23.4 Å². The lowest BCUT2D eigenvalue weighted by Gasteiger charge is -2.23. The zero-order valence-electron chi connectivity index (χ0n) is 10.1. The molecule has 1 heterocycles. The van der Waals surface area contributed by atoms with E-state index in [1.54, 1.807) is 19.1 Å². The Morgan fingerprint density at radius 1 is 1.56 bits per heavy atom. The number of anilines is 1. The SMILES string of the molecule is CC1(O)CCN(c2cccc(Cl)c2/C(N)=N/O)C1. The Balaban J connectivity index is 2.43. The Labute approximate surface area is 110 Å². The van der Waals surface area contributed by atoms with Crippen LogP contribution in [0.5, 0.6) is 0 Å². The summed E-state index contributed by atoms with van der Waals surface area (Å²) in [6, 6.07) is 5.34. The Hall–Kier alpha value is -1.46. The smallest absolute Gasteiger partial charge is 0.173 e. The van der Waals surface area contributed by atoms with Gasteiger partial charge >= 0.3 is 0 Å². The molecule has 4 N–H and O–H groups in total. The van der Waals surface area contributed by atoms with E-state index in [1.807, 2.05) is 11.0 Å². The van der Waals surface area contributed by atoms with E-state index in [-0.39, 0.29) is 5.84 Å². The minimum atomic E-state index is -0.718. The van der Waals surface area contributed by atoms with Crippen molar-refractivity contribution >= 4 is 23.1 Å². The van der Waals surface area contributed by atoms with Crippen molar-refractivity contribution in [2.75, 3.05) is 18.0 Å². The van der Waals surface area contributed by atoms with Crippen LogP contribution in [0.4, 0.5) is 5.69 Å². The summed E-state index contributed by atoms with van der Waals surface area (Å²) in [4.78, 5) is 1.99. The van der Waals surface area contributed by atoms with E-state index in [0.717, 1.165) is 5.69 Å². The molecule has 98 valence electrons. The third-order valence-electron chi connectivity index (χ3n) is 3.15. The number of aliphatic hydroxyl groups is 1. The van der Waals surface area contributed by atoms with Crippen LogP contribution in [0.2, 0.25) is 5.02 Å². The average Bonchev–Trinajstić information content (AvgIpc) is 2.68. The second kappa shape index (κ2) is 4.66. The fraction of sp³-hybridized carbons (Fsp3) is 0.417. The molecule has 5 nitrogen and oxygen atoms in total. The average molecular weight is 270 g/mol. The van der Waals surface area contributed by atoms with Gasteiger partial charge in [0.05, 0.1) is 16.2 Å². The summed E-state index contributed by atoms with van der Waals surface area (Å²) >= 11 is 6.09. The van der Waals surface area contributed by atoms with E-state index < -0.39 is 5.60 Å². The maximum atomic E-state index is 10.00. The minimum Gasteiger partial charge on any atom is -0.409 e. The zero-order chi connectivity index (χ0) is 13.3. The largest absolute Gasteiger partial charge is 0.409 e. The second-order valence-corrected chi connectivity index (χ2v) is 5.19. The number of halogens is 1. The molecule has 0 amide bonds. The number of benzene rings is 1. The predicted molar refractivity (Wildman–Crippen MR) is 71.4 cm³/mol. The van der Waals surface area contributed by atoms with Crippen molar-refractivity contribution in [1.29, 1.82) is 0 Å². The van der Waals surface area contributed by atoms with Gasteiger partial charge in [0.15, 0.2) is 5.84 Å². The van der Waals surface area contributed by atoms with Gasteiger partial charge in [0.1, 0.15) is 0 Å². The molecule has 1 atom stereocenters. The predicted octanol–water partition coefficient (Wildman–Crippen LogP) is 1.40. The number of nitrogens with zero attached hydrogens (tertiary/aromatic N) is 2. The lowest BCUT2D eigenvalue weighted by molar-refractivity contribution is 0.0839. The highest BCUT2D eigenvalue weighted by molar-refractivity contribution is 6.34. The molecule has 1 aromatic carbocycles. The highest BCUT2D eigenvalue weighted by Crippen LogP contribution is 2.32. The van der Waals surface area contributed by atoms with Gasteiger partial charge in [0.2, 0.25) is 0 Å². The molecule has 1 saturated heterocycles. The van der Waals surface area contributed by atoms with Crippen LogP contribution >= 0.6 is 11.6 Å². The molecule has 2 rings (SSSR count). The molecule has 1 unspecified atom stereocenters. The van der Waals surface area contributed by atoms with Crippen molar-refractivity contribution in [3.63, 3.8) is 0 Å². The van der Waals surface area contributed by atoms with Crippen LogP contribution in [0.3, 0.4) is 0 Å². The number of β-amino-alcohol motifs (C(OH)–C–C–N with tert-alkyl or cyclic N) is 1. The van der Waals surface area contributed by atoms with Crippen molar-refractivity contribution in [2.24, 2.45) is 10.9 Å². The lowest BCUT2D eigenvalue weighted by atomic mass is 10.1. The summed E-state index contributed by atoms with van der Waals surface area (Å²) in [5, 5.41) is 22.2. The van der Waals surface area contributed by atoms with Gasteiger partial charge in [-0.2, -0.15) is 0 Å². The van der Waals surface area contributed by atoms with Crippen LogP contribution in [-0.4, -0.2) is 34.8 Å². The summed E-state index contributed by atoms with van der Waals surface area (Å²) in [6.45, 7) is 3.00. The van der Waals surface area contributed by atoms with Gasteiger partial charge in [-0.25, -0.2) is 0 Å². The zero-order valence-corrected chi connectivity index (χ0v) is 10.9. The maximum absolute atomic E-state index is 10.00. The lowest BCUT2D eigenvalue weighted by Crippen LogP contribution is -2.31. The van der Waals surface area contributed by atoms with Crippen molar-refractivity contribution in [2.45, 2.75) is 18.9 Å². The number of hydrogen-bond donors (Lipinski definition) is 3. The summed E-state index contributed by atoms with van der Waals surface area (Å²) < 4.78 is 0. The normalized spacial score (nSPS) is 24.6. The highest BCUT2D eigenvalue weighted by Gasteiger charge is 2.33. The fourth-order valence-corrected chi connectivity index (χ4v) is 2.50. The monoisotopic (exact) mass is 269 g/mol. The van der Waals surface area contributed by atoms with Crippen molar-refractivity contribution in [1.82, 2.24) is 0 Å². The molecule has 0 radical (unpaired) electrons. The molecule has 0 spiro atoms. The van der Waals surface area contributed by atoms with Crippen molar-refractivity contribution in [3.05, 3.63) is 28.8 Å². The molecule has 0 bridgehead atoms. The summed E-state index contributed by atoms with van der Waals surface area (Å²) in [7, 11) is 0. The fourth-order valence-electron chi connectivity index (χ4n) is 2.23. The minimum absolute atomic E-state index is 0.0258. The molecule has 1 fully saturated rings. The number of oxime groups is 1. The first-order chi connectivity index (χ1) is 8.44. The van der Waals surface area contributed by atoms with Gasteiger partial charge in [-0.1, -0.05) is 22.8 Å². The Morgan fingerprint density at radius 3 is 2.83 bits per heavy atom. The molecular formula is C12H16ClN3O2. The van der Waals surface area contributed by atoms with E-state index in [1.165, 1.54) is 0 Å². The number of rotatable bonds is 2. The van der Waals surface area contributed by atoms with Gasteiger partial charge in [0.25, 0.3) is 0 Å². The summed E-state index contributed by atoms with van der Waals surface area (Å²) in [5.41, 5.74) is 6.21. The molecular weight excluding hydrogens is 254 g/mol. The van der Waals surface area contributed by atoms with E-state index in [9.17, 15) is 5.11 Å². The molecule has 0 aromatic heterocycles. The van der Waals surface area contributed by atoms with Crippen LogP contribution < -0.4 is 10.6 Å². The molecule has 6 heteroatoms. The van der Waals surface area contributed by atoms with Crippen molar-refractivity contribution in [3.8, 4) is 0 Å². The second-order valence-electron chi connectivity index (χ2n) is 4.79. The topological polar surface area (TPSA) is 82.1 Å². The third-order valence-corrected chi connectivity index (χ3v) is 3.46. The first-order valence-electron chi connectivity index (χ1n) is 5.68. The first-order valence-corrected chi connectivity index (χ1v) is 6.06. The number of amidine groups is 1. The van der Waals surface area contributed by atoms with E-state index in [0.29, 0.717) is 30.1 Å². The quantitative estimate of drug-likeness (QED) is 0.328. The van der Waals surface area contributed by atoms with Crippen LogP contribution in [0.25, 0.3) is 0 Å².